The molecule has 0 spiro atoms. The largest absolute Gasteiger partial charge is 0.496 e. The fourth-order valence-corrected chi connectivity index (χ4v) is 2.04. The van der Waals surface area contributed by atoms with E-state index in [1.165, 1.54) is 14.2 Å². The van der Waals surface area contributed by atoms with Crippen molar-refractivity contribution in [1.82, 2.24) is 0 Å². The van der Waals surface area contributed by atoms with Crippen molar-refractivity contribution >= 4 is 22.5 Å². The van der Waals surface area contributed by atoms with Crippen LogP contribution in [0.1, 0.15) is 5.56 Å². The Morgan fingerprint density at radius 3 is 2.47 bits per heavy atom. The number of Topliss-reactive ketones (excluding diaryl/α,β-unsaturated/α-hetero) is 1. The van der Waals surface area contributed by atoms with Gasteiger partial charge in [-0.15, -0.1) is 0 Å². The summed E-state index contributed by atoms with van der Waals surface area (Å²) in [5, 5.41) is 1.90. The molecule has 98 valence electrons. The third kappa shape index (κ3) is 2.57. The molecule has 0 aliphatic rings. The summed E-state index contributed by atoms with van der Waals surface area (Å²) in [6, 6.07) is 11.4. The third-order valence-corrected chi connectivity index (χ3v) is 2.97. The van der Waals surface area contributed by atoms with Gasteiger partial charge in [-0.1, -0.05) is 30.3 Å². The molecule has 0 aliphatic heterocycles. The highest BCUT2D eigenvalue weighted by Gasteiger charge is 2.18. The van der Waals surface area contributed by atoms with Crippen molar-refractivity contribution in [3.63, 3.8) is 0 Å². The lowest BCUT2D eigenvalue weighted by Gasteiger charge is -2.11. The Hall–Kier alpha value is -2.36. The lowest BCUT2D eigenvalue weighted by atomic mass is 9.99. The summed E-state index contributed by atoms with van der Waals surface area (Å²) in [6.07, 6.45) is -0.0306. The van der Waals surface area contributed by atoms with E-state index in [2.05, 4.69) is 4.74 Å². The van der Waals surface area contributed by atoms with Crippen molar-refractivity contribution < 1.29 is 19.1 Å². The number of hydrogen-bond donors (Lipinski definition) is 0. The highest BCUT2D eigenvalue weighted by molar-refractivity contribution is 6.34. The Morgan fingerprint density at radius 2 is 1.79 bits per heavy atom. The Balaban J connectivity index is 2.50. The predicted octanol–water partition coefficient (Wildman–Crippen LogP) is 2.13. The Bertz CT molecular complexity index is 631. The molecule has 0 aliphatic carbocycles. The first-order valence-electron chi connectivity index (χ1n) is 5.83. The zero-order valence-corrected chi connectivity index (χ0v) is 10.8. The minimum Gasteiger partial charge on any atom is -0.496 e. The molecule has 0 saturated carbocycles. The van der Waals surface area contributed by atoms with Gasteiger partial charge in [-0.05, 0) is 16.8 Å². The van der Waals surface area contributed by atoms with Crippen LogP contribution in [0.2, 0.25) is 0 Å². The maximum atomic E-state index is 11.7. The molecular weight excluding hydrogens is 244 g/mol. The zero-order valence-electron chi connectivity index (χ0n) is 10.8. The minimum atomic E-state index is -0.838. The Kier molecular flexibility index (Phi) is 3.80. The summed E-state index contributed by atoms with van der Waals surface area (Å²) in [7, 11) is 2.73. The molecule has 2 aromatic carbocycles. The van der Waals surface area contributed by atoms with E-state index in [0.29, 0.717) is 11.3 Å². The van der Waals surface area contributed by atoms with E-state index in [1.807, 2.05) is 30.3 Å². The topological polar surface area (TPSA) is 52.6 Å². The fraction of sp³-hybridized carbons (Fsp3) is 0.200. The van der Waals surface area contributed by atoms with E-state index >= 15 is 0 Å². The number of esters is 1. The van der Waals surface area contributed by atoms with Gasteiger partial charge in [0.15, 0.2) is 0 Å². The lowest BCUT2D eigenvalue weighted by Crippen LogP contribution is -2.18. The van der Waals surface area contributed by atoms with E-state index in [4.69, 9.17) is 4.74 Å². The molecule has 0 unspecified atom stereocenters. The van der Waals surface area contributed by atoms with Crippen molar-refractivity contribution in [3.8, 4) is 5.75 Å². The first kappa shape index (κ1) is 13.1. The second-order valence-electron chi connectivity index (χ2n) is 4.06. The minimum absolute atomic E-state index is 0.0306. The van der Waals surface area contributed by atoms with Crippen LogP contribution in [0.3, 0.4) is 0 Å². The van der Waals surface area contributed by atoms with Crippen molar-refractivity contribution in [2.24, 2.45) is 0 Å². The van der Waals surface area contributed by atoms with Gasteiger partial charge in [0.05, 0.1) is 14.2 Å². The van der Waals surface area contributed by atoms with Crippen LogP contribution in [0, 0.1) is 0 Å². The van der Waals surface area contributed by atoms with E-state index < -0.39 is 11.8 Å². The van der Waals surface area contributed by atoms with Crippen LogP contribution in [0.15, 0.2) is 36.4 Å². The second kappa shape index (κ2) is 5.52. The molecular formula is C15H14O4. The van der Waals surface area contributed by atoms with Crippen LogP contribution in [-0.4, -0.2) is 26.0 Å². The summed E-state index contributed by atoms with van der Waals surface area (Å²) in [6.45, 7) is 0. The molecule has 0 heterocycles. The number of hydrogen-bond acceptors (Lipinski definition) is 4. The number of methoxy groups -OCH3 is 2. The maximum absolute atomic E-state index is 11.7. The van der Waals surface area contributed by atoms with Crippen LogP contribution in [0.4, 0.5) is 0 Å². The van der Waals surface area contributed by atoms with Gasteiger partial charge >= 0.3 is 5.97 Å². The average molecular weight is 258 g/mol. The van der Waals surface area contributed by atoms with Crippen molar-refractivity contribution in [1.29, 1.82) is 0 Å². The maximum Gasteiger partial charge on any atom is 0.374 e. The van der Waals surface area contributed by atoms with E-state index in [0.717, 1.165) is 10.8 Å². The van der Waals surface area contributed by atoms with Gasteiger partial charge < -0.3 is 9.47 Å². The molecule has 19 heavy (non-hydrogen) atoms. The van der Waals surface area contributed by atoms with E-state index in [1.54, 1.807) is 6.07 Å². The highest BCUT2D eigenvalue weighted by Crippen LogP contribution is 2.28. The van der Waals surface area contributed by atoms with Crippen molar-refractivity contribution in [3.05, 3.63) is 42.0 Å². The molecule has 0 fully saturated rings. The summed E-state index contributed by atoms with van der Waals surface area (Å²) >= 11 is 0. The Labute approximate surface area is 110 Å². The van der Waals surface area contributed by atoms with Crippen LogP contribution >= 0.6 is 0 Å². The number of fused-ring (bicyclic) bond motifs is 1. The van der Waals surface area contributed by atoms with Gasteiger partial charge in [0, 0.05) is 12.0 Å². The molecule has 0 N–H and O–H groups in total. The second-order valence-corrected chi connectivity index (χ2v) is 4.06. The van der Waals surface area contributed by atoms with Gasteiger partial charge in [-0.3, -0.25) is 4.79 Å². The third-order valence-electron chi connectivity index (χ3n) is 2.97. The highest BCUT2D eigenvalue weighted by atomic mass is 16.5. The smallest absolute Gasteiger partial charge is 0.374 e. The van der Waals surface area contributed by atoms with Gasteiger partial charge in [-0.2, -0.15) is 0 Å². The summed E-state index contributed by atoms with van der Waals surface area (Å²) < 4.78 is 9.70. The molecule has 4 nitrogen and oxygen atoms in total. The van der Waals surface area contributed by atoms with Crippen LogP contribution in [-0.2, 0) is 20.7 Å². The SMILES string of the molecule is COC(=O)C(=O)Cc1c(OC)ccc2ccccc12. The van der Waals surface area contributed by atoms with Gasteiger partial charge in [-0.25, -0.2) is 4.79 Å². The molecule has 0 bridgehead atoms. The number of benzene rings is 2. The molecule has 2 rings (SSSR count). The van der Waals surface area contributed by atoms with Crippen molar-refractivity contribution in [2.45, 2.75) is 6.42 Å². The number of ketones is 1. The van der Waals surface area contributed by atoms with Gasteiger partial charge in [0.25, 0.3) is 0 Å². The molecule has 2 aromatic rings. The molecule has 4 heteroatoms. The number of ether oxygens (including phenoxy) is 2. The van der Waals surface area contributed by atoms with Crippen LogP contribution < -0.4 is 4.74 Å². The van der Waals surface area contributed by atoms with Gasteiger partial charge in [0.2, 0.25) is 5.78 Å². The fourth-order valence-electron chi connectivity index (χ4n) is 2.04. The van der Waals surface area contributed by atoms with E-state index in [9.17, 15) is 9.59 Å². The molecule has 0 amide bonds. The number of carbonyl (C=O) groups excluding carboxylic acids is 2. The predicted molar refractivity (Wildman–Crippen MR) is 71.2 cm³/mol. The molecule has 0 saturated heterocycles. The quantitative estimate of drug-likeness (QED) is 0.622. The molecule has 0 radical (unpaired) electrons. The average Bonchev–Trinajstić information content (AvgIpc) is 2.46. The summed E-state index contributed by atoms with van der Waals surface area (Å²) in [5.41, 5.74) is 0.705. The molecule has 0 aromatic heterocycles. The number of rotatable bonds is 4. The zero-order chi connectivity index (χ0) is 13.8. The van der Waals surface area contributed by atoms with E-state index in [-0.39, 0.29) is 6.42 Å². The molecule has 0 atom stereocenters. The normalized spacial score (nSPS) is 10.2. The number of carbonyl (C=O) groups is 2. The monoisotopic (exact) mass is 258 g/mol. The first-order chi connectivity index (χ1) is 9.17. The summed E-state index contributed by atoms with van der Waals surface area (Å²) in [5.74, 6) is -0.830. The Morgan fingerprint density at radius 1 is 1.05 bits per heavy atom. The van der Waals surface area contributed by atoms with Gasteiger partial charge in [0.1, 0.15) is 5.75 Å². The lowest BCUT2D eigenvalue weighted by molar-refractivity contribution is -0.151. The van der Waals surface area contributed by atoms with Crippen LogP contribution in [0.5, 0.6) is 5.75 Å². The standard InChI is InChI=1S/C15H14O4/c1-18-14-8-7-10-5-3-4-6-11(10)12(14)9-13(16)15(17)19-2/h3-8H,9H2,1-2H3. The summed E-state index contributed by atoms with van der Waals surface area (Å²) in [4.78, 5) is 23.0. The van der Waals surface area contributed by atoms with Crippen molar-refractivity contribution in [2.75, 3.05) is 14.2 Å². The first-order valence-corrected chi connectivity index (χ1v) is 5.83. The van der Waals surface area contributed by atoms with Crippen LogP contribution in [0.25, 0.3) is 10.8 Å².